The van der Waals surface area contributed by atoms with Gasteiger partial charge in [0, 0.05) is 11.8 Å². The lowest BCUT2D eigenvalue weighted by Crippen LogP contribution is -2.34. The van der Waals surface area contributed by atoms with Crippen molar-refractivity contribution in [3.05, 3.63) is 32.6 Å². The van der Waals surface area contributed by atoms with Crippen molar-refractivity contribution < 1.29 is 56.6 Å². The van der Waals surface area contributed by atoms with E-state index in [4.69, 9.17) is 34.3 Å². The van der Waals surface area contributed by atoms with E-state index in [1.54, 1.807) is 6.92 Å². The number of hydrogen-bond donors (Lipinski definition) is 7. The highest BCUT2D eigenvalue weighted by molar-refractivity contribution is 7.66. The van der Waals surface area contributed by atoms with Crippen molar-refractivity contribution in [2.45, 2.75) is 26.5 Å². The molecule has 0 radical (unpaired) electrons. The maximum Gasteiger partial charge on any atom is 0.490 e. The fourth-order valence-electron chi connectivity index (χ4n) is 1.67. The van der Waals surface area contributed by atoms with Gasteiger partial charge < -0.3 is 34.3 Å². The van der Waals surface area contributed by atoms with Crippen molar-refractivity contribution in [3.63, 3.8) is 0 Å². The Balaban J connectivity index is 0.000000555. The van der Waals surface area contributed by atoms with Gasteiger partial charge in [0.15, 0.2) is 0 Å². The maximum absolute atomic E-state index is 11.5. The van der Waals surface area contributed by atoms with Gasteiger partial charge in [-0.1, -0.05) is 6.92 Å². The van der Waals surface area contributed by atoms with Crippen molar-refractivity contribution in [1.82, 2.24) is 9.55 Å². The predicted octanol–water partition coefficient (Wildman–Crippen LogP) is -0.932. The van der Waals surface area contributed by atoms with Crippen molar-refractivity contribution in [1.29, 1.82) is 0 Å². The molecule has 19 heteroatoms. The van der Waals surface area contributed by atoms with E-state index in [2.05, 4.69) is 13.6 Å². The summed E-state index contributed by atoms with van der Waals surface area (Å²) in [5.41, 5.74) is -0.440. The van der Waals surface area contributed by atoms with Gasteiger partial charge in [0.2, 0.25) is 0 Å². The molecule has 0 bridgehead atoms. The second-order valence-corrected chi connectivity index (χ2v) is 9.25. The summed E-state index contributed by atoms with van der Waals surface area (Å²) in [4.78, 5) is 65.1. The summed E-state index contributed by atoms with van der Waals surface area (Å²) in [5, 5.41) is 8.66. The van der Waals surface area contributed by atoms with Gasteiger partial charge in [-0.25, -0.2) is 18.5 Å². The number of nitrogens with one attached hydrogen (secondary N) is 1. The molecule has 16 nitrogen and oxygen atoms in total. The number of ether oxygens (including phenoxy) is 1. The highest BCUT2D eigenvalue weighted by atomic mass is 31.3. The minimum atomic E-state index is -5.46. The molecule has 1 atom stereocenters. The van der Waals surface area contributed by atoms with Crippen LogP contribution in [0.15, 0.2) is 15.8 Å². The molecular weight excluding hydrogens is 465 g/mol. The molecule has 7 N–H and O–H groups in total. The molecule has 0 fully saturated rings. The van der Waals surface area contributed by atoms with Gasteiger partial charge in [-0.05, 0) is 13.3 Å². The number of H-pyrrole nitrogens is 1. The van der Waals surface area contributed by atoms with Crippen LogP contribution < -0.4 is 11.2 Å². The van der Waals surface area contributed by atoms with Crippen LogP contribution >= 0.6 is 23.5 Å². The summed E-state index contributed by atoms with van der Waals surface area (Å²) >= 11 is 0. The summed E-state index contributed by atoms with van der Waals surface area (Å²) < 4.78 is 43.0. The lowest BCUT2D eigenvalue weighted by molar-refractivity contribution is -0.0200. The molecule has 0 spiro atoms. The normalized spacial score (nSPS) is 13.5. The molecule has 0 aromatic carbocycles. The summed E-state index contributed by atoms with van der Waals surface area (Å²) in [5.74, 6) is 0. The number of rotatable bonds is 9. The van der Waals surface area contributed by atoms with E-state index in [0.29, 0.717) is 12.0 Å². The first-order valence-electron chi connectivity index (χ1n) is 7.42. The molecule has 1 unspecified atom stereocenters. The Kier molecular flexibility index (Phi) is 11.0. The van der Waals surface area contributed by atoms with Gasteiger partial charge in [-0.3, -0.25) is 14.3 Å². The van der Waals surface area contributed by atoms with Crippen molar-refractivity contribution in [3.8, 4) is 0 Å². The number of aliphatic hydroxyl groups excluding tert-OH is 1. The average Bonchev–Trinajstić information content (AvgIpc) is 2.48. The Morgan fingerprint density at radius 2 is 1.55 bits per heavy atom. The number of aryl methyl sites for hydroxylation is 1. The monoisotopic (exact) mass is 486 g/mol. The fraction of sp³-hybridized carbons (Fsp3) is 0.600. The van der Waals surface area contributed by atoms with Gasteiger partial charge in [0.1, 0.15) is 6.23 Å². The van der Waals surface area contributed by atoms with Crippen LogP contribution in [0.4, 0.5) is 0 Å². The van der Waals surface area contributed by atoms with Crippen LogP contribution in [0.2, 0.25) is 0 Å². The summed E-state index contributed by atoms with van der Waals surface area (Å²) in [7, 11) is -16.2. The van der Waals surface area contributed by atoms with E-state index < -0.39 is 40.9 Å². The zero-order valence-electron chi connectivity index (χ0n) is 15.0. The Hall–Kier alpha value is -0.990. The predicted molar refractivity (Wildman–Crippen MR) is 94.5 cm³/mol. The van der Waals surface area contributed by atoms with Gasteiger partial charge >= 0.3 is 29.2 Å². The second-order valence-electron chi connectivity index (χ2n) is 5.05. The number of aromatic nitrogens is 2. The van der Waals surface area contributed by atoms with Crippen molar-refractivity contribution in [2.75, 3.05) is 13.2 Å². The minimum Gasteiger partial charge on any atom is -0.394 e. The molecule has 0 amide bonds. The SMILES string of the molecule is CCC(OCCO)n1cc(C)c(=O)[nH]c1=O.O=P(O)(O)OP(=O)(O)OP(=O)(O)O. The smallest absolute Gasteiger partial charge is 0.394 e. The van der Waals surface area contributed by atoms with Crippen molar-refractivity contribution >= 4 is 23.5 Å². The summed E-state index contributed by atoms with van der Waals surface area (Å²) in [6, 6.07) is 0. The van der Waals surface area contributed by atoms with E-state index >= 15 is 0 Å². The molecule has 170 valence electrons. The van der Waals surface area contributed by atoms with Crippen LogP contribution in [0.1, 0.15) is 25.1 Å². The molecule has 0 aliphatic rings. The average molecular weight is 486 g/mol. The first kappa shape index (κ1) is 28.0. The van der Waals surface area contributed by atoms with Gasteiger partial charge in [-0.15, -0.1) is 0 Å². The number of aliphatic hydroxyl groups is 1. The number of aromatic amines is 1. The zero-order chi connectivity index (χ0) is 23.0. The van der Waals surface area contributed by atoms with E-state index in [1.807, 2.05) is 6.92 Å². The number of hydrogen-bond acceptors (Lipinski definition) is 9. The Morgan fingerprint density at radius 3 is 1.93 bits per heavy atom. The van der Waals surface area contributed by atoms with Gasteiger partial charge in [0.05, 0.1) is 13.2 Å². The third-order valence-electron chi connectivity index (χ3n) is 2.63. The van der Waals surface area contributed by atoms with E-state index in [-0.39, 0.29) is 13.2 Å². The van der Waals surface area contributed by atoms with E-state index in [0.717, 1.165) is 0 Å². The third kappa shape index (κ3) is 12.3. The van der Waals surface area contributed by atoms with Gasteiger partial charge in [0.25, 0.3) is 5.56 Å². The summed E-state index contributed by atoms with van der Waals surface area (Å²) in [6.45, 7) is 3.53. The largest absolute Gasteiger partial charge is 0.490 e. The molecule has 0 saturated heterocycles. The Morgan fingerprint density at radius 1 is 1.07 bits per heavy atom. The van der Waals surface area contributed by atoms with Gasteiger partial charge in [-0.2, -0.15) is 8.62 Å². The number of nitrogens with zero attached hydrogens (tertiary/aromatic N) is 1. The molecular formula is C10H21N2O14P3. The van der Waals surface area contributed by atoms with Crippen molar-refractivity contribution in [2.24, 2.45) is 0 Å². The highest BCUT2D eigenvalue weighted by Gasteiger charge is 2.38. The molecule has 0 aliphatic heterocycles. The lowest BCUT2D eigenvalue weighted by Gasteiger charge is -2.18. The first-order valence-corrected chi connectivity index (χ1v) is 12.0. The third-order valence-corrected chi connectivity index (χ3v) is 5.98. The quantitative estimate of drug-likeness (QED) is 0.208. The zero-order valence-corrected chi connectivity index (χ0v) is 17.7. The van der Waals surface area contributed by atoms with E-state index in [9.17, 15) is 23.3 Å². The molecule has 0 aliphatic carbocycles. The molecule has 1 aromatic rings. The van der Waals surface area contributed by atoms with Crippen LogP contribution in [0.25, 0.3) is 0 Å². The van der Waals surface area contributed by atoms with Crippen LogP contribution in [0, 0.1) is 6.92 Å². The molecule has 1 rings (SSSR count). The minimum absolute atomic E-state index is 0.104. The Labute approximate surface area is 162 Å². The van der Waals surface area contributed by atoms with Crippen LogP contribution in [0.3, 0.4) is 0 Å². The van der Waals surface area contributed by atoms with Crippen LogP contribution in [-0.2, 0) is 27.1 Å². The topological polar surface area (TPSA) is 255 Å². The first-order chi connectivity index (χ1) is 13.0. The number of phosphoric acid groups is 3. The summed E-state index contributed by atoms with van der Waals surface area (Å²) in [6.07, 6.45) is 1.58. The fourth-order valence-corrected chi connectivity index (χ4v) is 4.21. The highest BCUT2D eigenvalue weighted by Crippen LogP contribution is 2.64. The lowest BCUT2D eigenvalue weighted by atomic mass is 10.3. The second kappa shape index (κ2) is 11.4. The Bertz CT molecular complexity index is 885. The molecule has 29 heavy (non-hydrogen) atoms. The molecule has 1 heterocycles. The van der Waals surface area contributed by atoms with Crippen LogP contribution in [-0.4, -0.2) is 52.3 Å². The molecule has 0 saturated carbocycles. The van der Waals surface area contributed by atoms with Crippen LogP contribution in [0.5, 0.6) is 0 Å². The van der Waals surface area contributed by atoms with E-state index in [1.165, 1.54) is 10.8 Å². The molecule has 1 aromatic heterocycles. The standard InChI is InChI=1S/C10H16N2O4.H5O10P3/c1-3-8(16-5-4-13)12-6-7(2)9(14)11-10(12)15;1-11(2,3)9-13(7,8)10-12(4,5)6/h6,8,13H,3-5H2,1-2H3,(H,11,14,15);(H,7,8)(H2,1,2,3)(H2,4,5,6). The maximum atomic E-state index is 11.5.